The van der Waals surface area contributed by atoms with Crippen LogP contribution < -0.4 is 5.32 Å². The monoisotopic (exact) mass is 342 g/mol. The summed E-state index contributed by atoms with van der Waals surface area (Å²) in [5.41, 5.74) is 0.174. The zero-order valence-electron chi connectivity index (χ0n) is 11.4. The third kappa shape index (κ3) is 5.02. The van der Waals surface area contributed by atoms with Gasteiger partial charge < -0.3 is 10.4 Å². The molecule has 0 heterocycles. The summed E-state index contributed by atoms with van der Waals surface area (Å²) in [5, 5.41) is 18.1. The molecule has 1 aromatic carbocycles. The Bertz CT molecular complexity index is 748. The average molecular weight is 342 g/mol. The van der Waals surface area contributed by atoms with Gasteiger partial charge in [0.25, 0.3) is 5.91 Å². The van der Waals surface area contributed by atoms with Crippen molar-refractivity contribution < 1.29 is 22.9 Å². The number of carbonyl (C=O) groups excluding carboxylic acids is 1. The van der Waals surface area contributed by atoms with Crippen LogP contribution in [0, 0.1) is 5.41 Å². The number of hydrogen-bond acceptors (Lipinski definition) is 6. The Hall–Kier alpha value is -2.10. The molecule has 0 aliphatic rings. The highest BCUT2D eigenvalue weighted by Crippen LogP contribution is 2.16. The minimum absolute atomic E-state index is 0.290. The fourth-order valence-electron chi connectivity index (χ4n) is 1.39. The second-order valence-corrected chi connectivity index (χ2v) is 5.99. The van der Waals surface area contributed by atoms with Crippen LogP contribution in [-0.4, -0.2) is 29.0 Å². The van der Waals surface area contributed by atoms with Crippen molar-refractivity contribution in [3.8, 4) is 0 Å². The van der Waals surface area contributed by atoms with Gasteiger partial charge in [-0.15, -0.1) is 12.6 Å². The fraction of sp³-hybridized carbons (Fsp3) is 0.0769. The highest BCUT2D eigenvalue weighted by Gasteiger charge is 2.19. The first-order valence-electron chi connectivity index (χ1n) is 5.86. The van der Waals surface area contributed by atoms with Crippen molar-refractivity contribution in [2.45, 2.75) is 6.92 Å². The smallest absolute Gasteiger partial charge is 0.312 e. The normalized spacial score (nSPS) is 13.3. The van der Waals surface area contributed by atoms with Gasteiger partial charge in [-0.05, 0) is 25.1 Å². The van der Waals surface area contributed by atoms with Crippen molar-refractivity contribution in [3.63, 3.8) is 0 Å². The molecule has 9 heteroatoms. The van der Waals surface area contributed by atoms with Gasteiger partial charge in [0.05, 0.1) is 5.57 Å². The van der Waals surface area contributed by atoms with Crippen molar-refractivity contribution in [2.24, 2.45) is 0 Å². The lowest BCUT2D eigenvalue weighted by molar-refractivity contribution is -0.112. The van der Waals surface area contributed by atoms with E-state index in [0.29, 0.717) is 5.69 Å². The lowest BCUT2D eigenvalue weighted by atomic mass is 10.2. The topological polar surface area (TPSA) is 128 Å². The molecule has 118 valence electrons. The molecule has 0 radical (unpaired) electrons. The number of benzene rings is 1. The maximum atomic E-state index is 12.1. The molecule has 4 N–H and O–H groups in total. The van der Waals surface area contributed by atoms with Gasteiger partial charge in [0.15, 0.2) is 5.04 Å². The van der Waals surface area contributed by atoms with Crippen LogP contribution in [0.1, 0.15) is 6.92 Å². The molecule has 1 aromatic rings. The molecule has 22 heavy (non-hydrogen) atoms. The highest BCUT2D eigenvalue weighted by atomic mass is 32.2. The molecular weight excluding hydrogens is 328 g/mol. The van der Waals surface area contributed by atoms with Gasteiger partial charge in [0.1, 0.15) is 5.76 Å². The van der Waals surface area contributed by atoms with Crippen LogP contribution in [0.3, 0.4) is 0 Å². The number of allylic oxidation sites excluding steroid dienone is 1. The molecule has 0 spiro atoms. The minimum atomic E-state index is -4.76. The number of hydrogen-bond donors (Lipinski definition) is 5. The third-order valence-corrected chi connectivity index (χ3v) is 3.68. The standard InChI is InChI=1S/C13H14N2O5S2/c1-8(16)10(7-11(21)12(14)22(18,19)20)13(17)15-9-5-3-2-4-6-9/h2-7,14,16,21H,1H3,(H,15,17)(H,18,19,20). The number of rotatable bonds is 4. The van der Waals surface area contributed by atoms with Crippen LogP contribution in [0.2, 0.25) is 0 Å². The lowest BCUT2D eigenvalue weighted by Crippen LogP contribution is -2.17. The van der Waals surface area contributed by atoms with E-state index >= 15 is 0 Å². The second kappa shape index (κ2) is 7.25. The van der Waals surface area contributed by atoms with E-state index in [1.54, 1.807) is 30.3 Å². The highest BCUT2D eigenvalue weighted by molar-refractivity contribution is 8.04. The summed E-state index contributed by atoms with van der Waals surface area (Å²) in [4.78, 5) is 11.6. The summed E-state index contributed by atoms with van der Waals surface area (Å²) >= 11 is 3.75. The Morgan fingerprint density at radius 2 is 1.86 bits per heavy atom. The van der Waals surface area contributed by atoms with Crippen LogP contribution in [-0.2, 0) is 14.9 Å². The van der Waals surface area contributed by atoms with Crippen molar-refractivity contribution in [2.75, 3.05) is 5.32 Å². The van der Waals surface area contributed by atoms with Gasteiger partial charge in [-0.25, -0.2) is 0 Å². The van der Waals surface area contributed by atoms with E-state index < -0.39 is 31.7 Å². The van der Waals surface area contributed by atoms with Gasteiger partial charge in [-0.1, -0.05) is 18.2 Å². The SMILES string of the molecule is CC(O)=C(C=C(S)C(=N)S(=O)(=O)O)C(=O)Nc1ccccc1. The minimum Gasteiger partial charge on any atom is -0.512 e. The Balaban J connectivity index is 3.09. The number of thiol groups is 1. The third-order valence-electron chi connectivity index (χ3n) is 2.44. The molecule has 1 amide bonds. The van der Waals surface area contributed by atoms with Crippen molar-refractivity contribution >= 4 is 39.4 Å². The van der Waals surface area contributed by atoms with E-state index in [2.05, 4.69) is 17.9 Å². The maximum Gasteiger partial charge on any atom is 0.312 e. The zero-order chi connectivity index (χ0) is 16.9. The summed E-state index contributed by atoms with van der Waals surface area (Å²) in [6.45, 7) is 1.22. The van der Waals surface area contributed by atoms with Gasteiger partial charge in [0, 0.05) is 10.6 Å². The van der Waals surface area contributed by atoms with Crippen LogP contribution in [0.4, 0.5) is 5.69 Å². The van der Waals surface area contributed by atoms with Crippen LogP contribution in [0.15, 0.2) is 52.6 Å². The molecule has 0 aromatic heterocycles. The summed E-state index contributed by atoms with van der Waals surface area (Å²) in [6.07, 6.45) is 0.882. The molecule has 0 bridgehead atoms. The zero-order valence-corrected chi connectivity index (χ0v) is 13.1. The first kappa shape index (κ1) is 18.0. The number of carbonyl (C=O) groups is 1. The molecule has 0 aliphatic heterocycles. The first-order valence-corrected chi connectivity index (χ1v) is 7.75. The summed E-state index contributed by atoms with van der Waals surface area (Å²) in [6, 6.07) is 8.38. The molecule has 0 saturated carbocycles. The van der Waals surface area contributed by atoms with Gasteiger partial charge >= 0.3 is 10.1 Å². The largest absolute Gasteiger partial charge is 0.512 e. The van der Waals surface area contributed by atoms with E-state index in [9.17, 15) is 18.3 Å². The predicted octanol–water partition coefficient (Wildman–Crippen LogP) is 2.14. The van der Waals surface area contributed by atoms with Crippen LogP contribution in [0.25, 0.3) is 0 Å². The van der Waals surface area contributed by atoms with Crippen molar-refractivity contribution in [3.05, 3.63) is 52.6 Å². The van der Waals surface area contributed by atoms with E-state index in [4.69, 9.17) is 9.96 Å². The molecular formula is C13H14N2O5S2. The van der Waals surface area contributed by atoms with E-state index in [0.717, 1.165) is 6.08 Å². The number of anilines is 1. The Morgan fingerprint density at radius 3 is 2.32 bits per heavy atom. The molecule has 0 atom stereocenters. The summed E-state index contributed by atoms with van der Waals surface area (Å²) in [7, 11) is -4.76. The van der Waals surface area contributed by atoms with E-state index in [1.807, 2.05) is 0 Å². The molecule has 1 rings (SSSR count). The number of amides is 1. The number of nitrogens with one attached hydrogen (secondary N) is 2. The Kier molecular flexibility index (Phi) is 5.92. The van der Waals surface area contributed by atoms with Gasteiger partial charge in [-0.2, -0.15) is 8.42 Å². The van der Waals surface area contributed by atoms with E-state index in [-0.39, 0.29) is 5.57 Å². The number of aliphatic hydroxyl groups excluding tert-OH is 1. The predicted molar refractivity (Wildman–Crippen MR) is 86.7 cm³/mol. The molecule has 0 saturated heterocycles. The molecule has 0 unspecified atom stereocenters. The quantitative estimate of drug-likeness (QED) is 0.109. The van der Waals surface area contributed by atoms with Crippen molar-refractivity contribution in [1.29, 1.82) is 5.41 Å². The van der Waals surface area contributed by atoms with Crippen molar-refractivity contribution in [1.82, 2.24) is 0 Å². The first-order chi connectivity index (χ1) is 10.1. The number of aliphatic hydroxyl groups is 1. The number of para-hydroxylation sites is 1. The lowest BCUT2D eigenvalue weighted by Gasteiger charge is -2.08. The van der Waals surface area contributed by atoms with Crippen LogP contribution in [0.5, 0.6) is 0 Å². The average Bonchev–Trinajstić information content (AvgIpc) is 2.43. The van der Waals surface area contributed by atoms with Gasteiger partial charge in [-0.3, -0.25) is 14.8 Å². The summed E-state index contributed by atoms with van der Waals surface area (Å²) in [5.74, 6) is -1.12. The van der Waals surface area contributed by atoms with Crippen LogP contribution >= 0.6 is 12.6 Å². The molecule has 0 aliphatic carbocycles. The molecule has 0 fully saturated rings. The van der Waals surface area contributed by atoms with Gasteiger partial charge in [0.2, 0.25) is 0 Å². The Labute approximate surface area is 133 Å². The second-order valence-electron chi connectivity index (χ2n) is 4.15. The van der Waals surface area contributed by atoms with E-state index in [1.165, 1.54) is 6.92 Å². The summed E-state index contributed by atoms with van der Waals surface area (Å²) < 4.78 is 30.5. The maximum absolute atomic E-state index is 12.1. The Morgan fingerprint density at radius 1 is 1.32 bits per heavy atom. The molecule has 7 nitrogen and oxygen atoms in total. The fourth-order valence-corrected chi connectivity index (χ4v) is 2.19.